The molecule has 0 saturated carbocycles. The summed E-state index contributed by atoms with van der Waals surface area (Å²) in [6.07, 6.45) is 0. The van der Waals surface area contributed by atoms with E-state index in [4.69, 9.17) is 19.9 Å². The first-order valence-electron chi connectivity index (χ1n) is 9.68. The zero-order valence-electron chi connectivity index (χ0n) is 17.0. The standard InChI is InChI=1S/C24H20N2O5/c1-3-30-24(28)21-15-8-6-4-5-7-14(15)20-19(16(12-25)23(26)31-22(20)21)13-9-10-17(27)18(11-13)29-2/h4-11,19,27H,3,26H2,1-2H3. The van der Waals surface area contributed by atoms with Crippen molar-refractivity contribution in [1.82, 2.24) is 0 Å². The lowest BCUT2D eigenvalue weighted by atomic mass is 9.83. The van der Waals surface area contributed by atoms with E-state index in [1.165, 1.54) is 13.2 Å². The van der Waals surface area contributed by atoms with Gasteiger partial charge in [0.15, 0.2) is 11.5 Å². The van der Waals surface area contributed by atoms with E-state index in [9.17, 15) is 15.2 Å². The normalized spacial score (nSPS) is 15.1. The Morgan fingerprint density at radius 1 is 1.23 bits per heavy atom. The van der Waals surface area contributed by atoms with Gasteiger partial charge in [0.25, 0.3) is 0 Å². The number of phenols is 1. The number of carbonyl (C=O) groups excluding carboxylic acids is 1. The molecular formula is C24H20N2O5. The van der Waals surface area contributed by atoms with Crippen molar-refractivity contribution < 1.29 is 24.1 Å². The van der Waals surface area contributed by atoms with Crippen LogP contribution in [0, 0.1) is 11.3 Å². The number of esters is 1. The Kier molecular flexibility index (Phi) is 5.14. The predicted octanol–water partition coefficient (Wildman–Crippen LogP) is 3.90. The number of nitrogens with zero attached hydrogens (tertiary/aromatic N) is 1. The fourth-order valence-corrected chi connectivity index (χ4v) is 3.96. The van der Waals surface area contributed by atoms with E-state index >= 15 is 0 Å². The largest absolute Gasteiger partial charge is 0.504 e. The van der Waals surface area contributed by atoms with Crippen LogP contribution >= 0.6 is 0 Å². The number of ether oxygens (including phenoxy) is 3. The van der Waals surface area contributed by atoms with E-state index in [2.05, 4.69) is 6.07 Å². The highest BCUT2D eigenvalue weighted by Gasteiger charge is 2.40. The molecule has 7 heteroatoms. The summed E-state index contributed by atoms with van der Waals surface area (Å²) in [7, 11) is 1.44. The van der Waals surface area contributed by atoms with Crippen LogP contribution in [-0.4, -0.2) is 24.8 Å². The Morgan fingerprint density at radius 3 is 2.65 bits per heavy atom. The number of hydrogen-bond donors (Lipinski definition) is 2. The minimum Gasteiger partial charge on any atom is -0.504 e. The number of rotatable bonds is 4. The number of benzene rings is 1. The molecule has 0 amide bonds. The summed E-state index contributed by atoms with van der Waals surface area (Å²) >= 11 is 0. The van der Waals surface area contributed by atoms with Crippen LogP contribution in [-0.2, 0) is 4.74 Å². The van der Waals surface area contributed by atoms with Crippen molar-refractivity contribution in [1.29, 1.82) is 5.26 Å². The summed E-state index contributed by atoms with van der Waals surface area (Å²) in [6.45, 7) is 1.93. The highest BCUT2D eigenvalue weighted by Crippen LogP contribution is 2.53. The van der Waals surface area contributed by atoms with Crippen molar-refractivity contribution in [2.75, 3.05) is 13.7 Å². The maximum atomic E-state index is 12.9. The van der Waals surface area contributed by atoms with Gasteiger partial charge in [-0.05, 0) is 30.2 Å². The van der Waals surface area contributed by atoms with Crippen molar-refractivity contribution in [3.8, 4) is 34.4 Å². The van der Waals surface area contributed by atoms with Crippen molar-refractivity contribution in [2.45, 2.75) is 12.8 Å². The van der Waals surface area contributed by atoms with Crippen molar-refractivity contribution >= 4 is 5.97 Å². The molecule has 7 nitrogen and oxygen atoms in total. The number of allylic oxidation sites excluding steroid dienone is 1. The van der Waals surface area contributed by atoms with E-state index in [-0.39, 0.29) is 40.9 Å². The second-order valence-electron chi connectivity index (χ2n) is 6.93. The number of methoxy groups -OCH3 is 1. The second kappa shape index (κ2) is 7.92. The van der Waals surface area contributed by atoms with Gasteiger partial charge in [-0.25, -0.2) is 4.79 Å². The molecule has 3 N–H and O–H groups in total. The first-order valence-corrected chi connectivity index (χ1v) is 9.68. The number of fused-ring (bicyclic) bond motifs is 3. The molecule has 1 heterocycles. The van der Waals surface area contributed by atoms with Gasteiger partial charge < -0.3 is 25.1 Å². The molecule has 31 heavy (non-hydrogen) atoms. The summed E-state index contributed by atoms with van der Waals surface area (Å²) in [6, 6.07) is 16.1. The molecule has 2 aliphatic carbocycles. The van der Waals surface area contributed by atoms with Crippen LogP contribution < -0.4 is 15.2 Å². The number of phenolic OH excluding ortho intramolecular Hbond substituents is 1. The third kappa shape index (κ3) is 3.19. The van der Waals surface area contributed by atoms with Gasteiger partial charge in [-0.2, -0.15) is 5.26 Å². The summed E-state index contributed by atoms with van der Waals surface area (Å²) < 4.78 is 16.4. The Labute approximate surface area is 179 Å². The average Bonchev–Trinajstić information content (AvgIpc) is 2.89. The first kappa shape index (κ1) is 20.1. The van der Waals surface area contributed by atoms with Crippen molar-refractivity contribution in [2.24, 2.45) is 5.73 Å². The summed E-state index contributed by atoms with van der Waals surface area (Å²) in [5, 5.41) is 19.9. The average molecular weight is 416 g/mol. The van der Waals surface area contributed by atoms with Gasteiger partial charge in [-0.3, -0.25) is 0 Å². The molecule has 4 rings (SSSR count). The highest BCUT2D eigenvalue weighted by atomic mass is 16.5. The second-order valence-corrected chi connectivity index (χ2v) is 6.93. The van der Waals surface area contributed by atoms with E-state index in [1.54, 1.807) is 25.1 Å². The lowest BCUT2D eigenvalue weighted by molar-refractivity contribution is 0.0524. The van der Waals surface area contributed by atoms with Crippen LogP contribution in [0.1, 0.15) is 34.3 Å². The van der Waals surface area contributed by atoms with Gasteiger partial charge in [-0.15, -0.1) is 0 Å². The predicted molar refractivity (Wildman–Crippen MR) is 113 cm³/mol. The molecule has 0 saturated heterocycles. The minimum atomic E-state index is -0.628. The topological polar surface area (TPSA) is 115 Å². The summed E-state index contributed by atoms with van der Waals surface area (Å²) in [4.78, 5) is 12.9. The van der Waals surface area contributed by atoms with Crippen molar-refractivity contribution in [3.05, 3.63) is 76.7 Å². The molecule has 0 spiro atoms. The molecule has 1 aromatic carbocycles. The SMILES string of the molecule is CCOC(=O)c1c2cccccc-2c2c1OC(N)=C(C#N)C2c1ccc(O)c(OC)c1. The monoisotopic (exact) mass is 416 g/mol. The van der Waals surface area contributed by atoms with Gasteiger partial charge in [0.2, 0.25) is 5.88 Å². The zero-order chi connectivity index (χ0) is 22.1. The minimum absolute atomic E-state index is 0.0278. The van der Waals surface area contributed by atoms with Crippen LogP contribution in [0.15, 0.2) is 60.0 Å². The maximum absolute atomic E-state index is 12.9. The molecular weight excluding hydrogens is 396 g/mol. The van der Waals surface area contributed by atoms with Crippen LogP contribution in [0.25, 0.3) is 11.1 Å². The fraction of sp³-hybridized carbons (Fsp3) is 0.167. The summed E-state index contributed by atoms with van der Waals surface area (Å²) in [5.74, 6) is -0.745. The fourth-order valence-electron chi connectivity index (χ4n) is 3.96. The maximum Gasteiger partial charge on any atom is 0.342 e. The third-order valence-corrected chi connectivity index (χ3v) is 5.26. The third-order valence-electron chi connectivity index (χ3n) is 5.26. The Hall–Kier alpha value is -4.18. The molecule has 156 valence electrons. The number of hydrogen-bond acceptors (Lipinski definition) is 7. The van der Waals surface area contributed by atoms with Gasteiger partial charge >= 0.3 is 5.97 Å². The first-order chi connectivity index (χ1) is 15.0. The number of carbonyl (C=O) groups is 1. The molecule has 0 radical (unpaired) electrons. The number of aromatic hydroxyl groups is 1. The molecule has 1 aliphatic heterocycles. The van der Waals surface area contributed by atoms with E-state index < -0.39 is 11.9 Å². The Bertz CT molecular complexity index is 1230. The van der Waals surface area contributed by atoms with Gasteiger partial charge in [0.05, 0.1) is 19.6 Å². The lowest BCUT2D eigenvalue weighted by Crippen LogP contribution is -2.21. The van der Waals surface area contributed by atoms with E-state index in [1.807, 2.05) is 24.3 Å². The smallest absolute Gasteiger partial charge is 0.342 e. The number of nitrogens with two attached hydrogens (primary N) is 1. The van der Waals surface area contributed by atoms with Gasteiger partial charge in [-0.1, -0.05) is 36.4 Å². The van der Waals surface area contributed by atoms with Crippen LogP contribution in [0.2, 0.25) is 0 Å². The van der Waals surface area contributed by atoms with Crippen LogP contribution in [0.4, 0.5) is 0 Å². The quantitative estimate of drug-likeness (QED) is 0.620. The van der Waals surface area contributed by atoms with E-state index in [0.717, 1.165) is 5.56 Å². The molecule has 0 fully saturated rings. The highest BCUT2D eigenvalue weighted by molar-refractivity contribution is 6.05. The van der Waals surface area contributed by atoms with Crippen LogP contribution in [0.3, 0.4) is 0 Å². The Morgan fingerprint density at radius 2 is 1.97 bits per heavy atom. The Balaban J connectivity index is 2.06. The summed E-state index contributed by atoms with van der Waals surface area (Å²) in [5.41, 5.74) is 9.25. The molecule has 1 aromatic rings. The molecule has 1 atom stereocenters. The number of nitriles is 1. The zero-order valence-corrected chi connectivity index (χ0v) is 17.0. The van der Waals surface area contributed by atoms with Crippen LogP contribution in [0.5, 0.6) is 17.2 Å². The molecule has 3 aliphatic rings. The van der Waals surface area contributed by atoms with Gasteiger partial charge in [0, 0.05) is 11.1 Å². The van der Waals surface area contributed by atoms with Crippen molar-refractivity contribution in [3.63, 3.8) is 0 Å². The molecule has 0 bridgehead atoms. The molecule has 0 aromatic heterocycles. The van der Waals surface area contributed by atoms with E-state index in [0.29, 0.717) is 16.7 Å². The molecule has 1 unspecified atom stereocenters. The lowest BCUT2D eigenvalue weighted by Gasteiger charge is -2.26. The van der Waals surface area contributed by atoms with Gasteiger partial charge in [0.1, 0.15) is 23.0 Å².